The number of ether oxygens (including phenoxy) is 2. The first kappa shape index (κ1) is 18.1. The highest BCUT2D eigenvalue weighted by Gasteiger charge is 2.19. The average molecular weight is 388 g/mol. The molecule has 1 aromatic heterocycles. The van der Waals surface area contributed by atoms with Gasteiger partial charge in [0.25, 0.3) is 0 Å². The van der Waals surface area contributed by atoms with E-state index in [4.69, 9.17) is 9.47 Å². The van der Waals surface area contributed by atoms with E-state index < -0.39 is 0 Å². The molecule has 1 aromatic carbocycles. The van der Waals surface area contributed by atoms with Crippen molar-refractivity contribution in [2.75, 3.05) is 39.5 Å². The predicted octanol–water partition coefficient (Wildman–Crippen LogP) is 2.94. The minimum absolute atomic E-state index is 0.0358. The lowest BCUT2D eigenvalue weighted by Gasteiger charge is -2.22. The van der Waals surface area contributed by atoms with Crippen LogP contribution in [0.5, 0.6) is 11.5 Å². The molecule has 1 saturated heterocycles. The van der Waals surface area contributed by atoms with Gasteiger partial charge in [-0.05, 0) is 42.0 Å². The Bertz CT molecular complexity index is 766. The maximum atomic E-state index is 12.5. The van der Waals surface area contributed by atoms with Crippen molar-refractivity contribution in [1.29, 1.82) is 0 Å². The van der Waals surface area contributed by atoms with Crippen LogP contribution in [-0.4, -0.2) is 55.3 Å². The third-order valence-electron chi connectivity index (χ3n) is 4.96. The molecule has 0 aliphatic carbocycles. The van der Waals surface area contributed by atoms with Gasteiger partial charge in [-0.1, -0.05) is 12.1 Å². The van der Waals surface area contributed by atoms with Crippen LogP contribution in [0.2, 0.25) is 0 Å². The van der Waals surface area contributed by atoms with E-state index in [1.807, 2.05) is 23.1 Å². The van der Waals surface area contributed by atoms with Crippen molar-refractivity contribution < 1.29 is 14.3 Å². The predicted molar refractivity (Wildman–Crippen MR) is 105 cm³/mol. The molecular formula is C20H25N3O3S. The Labute approximate surface area is 163 Å². The van der Waals surface area contributed by atoms with Gasteiger partial charge in [0.15, 0.2) is 11.5 Å². The second-order valence-corrected chi connectivity index (χ2v) is 7.90. The zero-order valence-electron chi connectivity index (χ0n) is 15.4. The minimum atomic E-state index is 0.0358. The SMILES string of the molecule is O=C(NCCc1ccc2c(c1)OCO2)N1CCCN(Cc2cccs2)CC1. The molecule has 4 rings (SSSR count). The third-order valence-corrected chi connectivity index (χ3v) is 5.82. The van der Waals surface area contributed by atoms with Crippen LogP contribution >= 0.6 is 11.3 Å². The van der Waals surface area contributed by atoms with E-state index in [2.05, 4.69) is 27.7 Å². The summed E-state index contributed by atoms with van der Waals surface area (Å²) in [6, 6.07) is 10.2. The lowest BCUT2D eigenvalue weighted by molar-refractivity contribution is 0.174. The molecule has 1 N–H and O–H groups in total. The quantitative estimate of drug-likeness (QED) is 0.857. The summed E-state index contributed by atoms with van der Waals surface area (Å²) in [5, 5.41) is 5.17. The van der Waals surface area contributed by atoms with Crippen molar-refractivity contribution in [3.05, 3.63) is 46.2 Å². The van der Waals surface area contributed by atoms with Crippen LogP contribution in [0.1, 0.15) is 16.9 Å². The van der Waals surface area contributed by atoms with Crippen LogP contribution in [-0.2, 0) is 13.0 Å². The number of nitrogens with zero attached hydrogens (tertiary/aromatic N) is 2. The minimum Gasteiger partial charge on any atom is -0.454 e. The maximum Gasteiger partial charge on any atom is 0.317 e. The van der Waals surface area contributed by atoms with E-state index in [1.165, 1.54) is 4.88 Å². The summed E-state index contributed by atoms with van der Waals surface area (Å²) in [4.78, 5) is 18.3. The molecule has 3 heterocycles. The van der Waals surface area contributed by atoms with Gasteiger partial charge in [0.2, 0.25) is 6.79 Å². The van der Waals surface area contributed by atoms with Gasteiger partial charge in [-0.3, -0.25) is 4.90 Å². The van der Waals surface area contributed by atoms with E-state index in [1.54, 1.807) is 11.3 Å². The van der Waals surface area contributed by atoms with Crippen molar-refractivity contribution in [1.82, 2.24) is 15.1 Å². The normalized spacial score (nSPS) is 17.0. The highest BCUT2D eigenvalue weighted by Crippen LogP contribution is 2.32. The fourth-order valence-electron chi connectivity index (χ4n) is 3.48. The van der Waals surface area contributed by atoms with Gasteiger partial charge < -0.3 is 19.7 Å². The van der Waals surface area contributed by atoms with E-state index in [0.717, 1.165) is 62.6 Å². The first-order chi connectivity index (χ1) is 13.3. The van der Waals surface area contributed by atoms with E-state index in [9.17, 15) is 4.79 Å². The van der Waals surface area contributed by atoms with Gasteiger partial charge in [0.05, 0.1) is 0 Å². The van der Waals surface area contributed by atoms with Crippen LogP contribution in [0.15, 0.2) is 35.7 Å². The zero-order chi connectivity index (χ0) is 18.5. The monoisotopic (exact) mass is 387 g/mol. The number of urea groups is 1. The zero-order valence-corrected chi connectivity index (χ0v) is 16.2. The first-order valence-corrected chi connectivity index (χ1v) is 10.3. The number of nitrogens with one attached hydrogen (secondary N) is 1. The summed E-state index contributed by atoms with van der Waals surface area (Å²) in [6.45, 7) is 5.45. The molecule has 1 fully saturated rings. The Hall–Kier alpha value is -2.25. The van der Waals surface area contributed by atoms with Gasteiger partial charge in [-0.15, -0.1) is 11.3 Å². The van der Waals surface area contributed by atoms with Crippen LogP contribution in [0.4, 0.5) is 4.79 Å². The molecule has 27 heavy (non-hydrogen) atoms. The van der Waals surface area contributed by atoms with Gasteiger partial charge >= 0.3 is 6.03 Å². The molecule has 0 bridgehead atoms. The molecule has 6 nitrogen and oxygen atoms in total. The maximum absolute atomic E-state index is 12.5. The largest absolute Gasteiger partial charge is 0.454 e. The topological polar surface area (TPSA) is 54.0 Å². The van der Waals surface area contributed by atoms with Crippen molar-refractivity contribution >= 4 is 17.4 Å². The fourth-order valence-corrected chi connectivity index (χ4v) is 4.22. The van der Waals surface area contributed by atoms with Crippen LogP contribution in [0, 0.1) is 0 Å². The molecule has 2 aliphatic rings. The summed E-state index contributed by atoms with van der Waals surface area (Å²) < 4.78 is 10.7. The molecular weight excluding hydrogens is 362 g/mol. The van der Waals surface area contributed by atoms with Gasteiger partial charge in [0.1, 0.15) is 0 Å². The fraction of sp³-hybridized carbons (Fsp3) is 0.450. The van der Waals surface area contributed by atoms with Crippen molar-refractivity contribution in [2.45, 2.75) is 19.4 Å². The highest BCUT2D eigenvalue weighted by molar-refractivity contribution is 7.09. The summed E-state index contributed by atoms with van der Waals surface area (Å²) in [5.41, 5.74) is 1.14. The van der Waals surface area contributed by atoms with Crippen LogP contribution in [0.25, 0.3) is 0 Å². The number of thiophene rings is 1. The number of fused-ring (bicyclic) bond motifs is 1. The van der Waals surface area contributed by atoms with Crippen LogP contribution in [0.3, 0.4) is 0 Å². The molecule has 144 valence electrons. The van der Waals surface area contributed by atoms with E-state index in [0.29, 0.717) is 6.54 Å². The third kappa shape index (κ3) is 4.73. The molecule has 0 radical (unpaired) electrons. The number of carbonyl (C=O) groups excluding carboxylic acids is 1. The Kier molecular flexibility index (Phi) is 5.79. The van der Waals surface area contributed by atoms with Gasteiger partial charge in [-0.25, -0.2) is 4.79 Å². The highest BCUT2D eigenvalue weighted by atomic mass is 32.1. The average Bonchev–Trinajstić information content (AvgIpc) is 3.29. The molecule has 0 saturated carbocycles. The van der Waals surface area contributed by atoms with E-state index >= 15 is 0 Å². The molecule has 0 unspecified atom stereocenters. The van der Waals surface area contributed by atoms with Gasteiger partial charge in [-0.2, -0.15) is 0 Å². The van der Waals surface area contributed by atoms with Crippen molar-refractivity contribution in [2.24, 2.45) is 0 Å². The summed E-state index contributed by atoms with van der Waals surface area (Å²) in [6.07, 6.45) is 1.79. The first-order valence-electron chi connectivity index (χ1n) is 9.44. The smallest absolute Gasteiger partial charge is 0.317 e. The Balaban J connectivity index is 1.21. The lowest BCUT2D eigenvalue weighted by Crippen LogP contribution is -2.42. The lowest BCUT2D eigenvalue weighted by atomic mass is 10.1. The van der Waals surface area contributed by atoms with E-state index in [-0.39, 0.29) is 12.8 Å². The molecule has 2 aromatic rings. The summed E-state index contributed by atoms with van der Waals surface area (Å²) in [7, 11) is 0. The van der Waals surface area contributed by atoms with Gasteiger partial charge in [0, 0.05) is 44.1 Å². The van der Waals surface area contributed by atoms with Crippen molar-refractivity contribution in [3.63, 3.8) is 0 Å². The number of carbonyl (C=O) groups is 1. The van der Waals surface area contributed by atoms with Crippen molar-refractivity contribution in [3.8, 4) is 11.5 Å². The Morgan fingerprint density at radius 1 is 1.11 bits per heavy atom. The van der Waals surface area contributed by atoms with Crippen LogP contribution < -0.4 is 14.8 Å². The Morgan fingerprint density at radius 2 is 2.04 bits per heavy atom. The molecule has 0 spiro atoms. The number of benzene rings is 1. The number of amides is 2. The molecule has 7 heteroatoms. The Morgan fingerprint density at radius 3 is 2.93 bits per heavy atom. The number of rotatable bonds is 5. The molecule has 2 amide bonds. The second kappa shape index (κ2) is 8.63. The second-order valence-electron chi connectivity index (χ2n) is 6.87. The molecule has 2 aliphatic heterocycles. The standard InChI is InChI=1S/C20H25N3O3S/c24-20(21-7-6-16-4-5-18-19(13-16)26-15-25-18)23-9-2-8-22(10-11-23)14-17-3-1-12-27-17/h1,3-5,12-13H,2,6-11,14-15H2,(H,21,24). The number of hydrogen-bond donors (Lipinski definition) is 1. The summed E-state index contributed by atoms with van der Waals surface area (Å²) >= 11 is 1.80. The molecule has 0 atom stereocenters. The summed E-state index contributed by atoms with van der Waals surface area (Å²) in [5.74, 6) is 1.58. The number of hydrogen-bond acceptors (Lipinski definition) is 5.